The van der Waals surface area contributed by atoms with Crippen molar-refractivity contribution >= 4 is 5.71 Å². The minimum atomic E-state index is 0.191. The van der Waals surface area contributed by atoms with Crippen LogP contribution in [-0.2, 0) is 6.42 Å². The van der Waals surface area contributed by atoms with Crippen LogP contribution in [0.2, 0.25) is 0 Å². The van der Waals surface area contributed by atoms with Gasteiger partial charge in [-0.05, 0) is 28.8 Å². The van der Waals surface area contributed by atoms with Crippen molar-refractivity contribution in [3.63, 3.8) is 0 Å². The van der Waals surface area contributed by atoms with Gasteiger partial charge in [-0.3, -0.25) is 0 Å². The van der Waals surface area contributed by atoms with E-state index in [1.165, 1.54) is 11.1 Å². The van der Waals surface area contributed by atoms with Gasteiger partial charge < -0.3 is 10.3 Å². The number of phenols is 1. The van der Waals surface area contributed by atoms with Gasteiger partial charge in [0.15, 0.2) is 0 Å². The Labute approximate surface area is 111 Å². The third kappa shape index (κ3) is 2.19. The average Bonchev–Trinajstić information content (AvgIpc) is 2.46. The number of oxime groups is 1. The molecule has 3 heteroatoms. The van der Waals surface area contributed by atoms with E-state index in [0.717, 1.165) is 17.7 Å². The number of nitrogens with zero attached hydrogens (tertiary/aromatic N) is 1. The molecule has 0 fully saturated rings. The van der Waals surface area contributed by atoms with Crippen molar-refractivity contribution < 1.29 is 10.3 Å². The molecular weight excluding hydrogens is 238 g/mol. The third-order valence-electron chi connectivity index (χ3n) is 3.68. The molecule has 0 saturated carbocycles. The van der Waals surface area contributed by atoms with Crippen molar-refractivity contribution in [1.29, 1.82) is 0 Å². The molecular formula is C16H15NO2. The number of hydrogen-bond donors (Lipinski definition) is 2. The van der Waals surface area contributed by atoms with Crippen LogP contribution >= 0.6 is 0 Å². The zero-order valence-corrected chi connectivity index (χ0v) is 10.5. The topological polar surface area (TPSA) is 52.8 Å². The first kappa shape index (κ1) is 11.8. The van der Waals surface area contributed by atoms with E-state index in [1.807, 2.05) is 24.3 Å². The predicted octanol–water partition coefficient (Wildman–Crippen LogP) is 3.30. The Balaban J connectivity index is 2.11. The van der Waals surface area contributed by atoms with Gasteiger partial charge in [0.05, 0.1) is 5.71 Å². The van der Waals surface area contributed by atoms with E-state index < -0.39 is 0 Å². The van der Waals surface area contributed by atoms with Crippen molar-refractivity contribution in [2.75, 3.05) is 0 Å². The van der Waals surface area contributed by atoms with E-state index in [9.17, 15) is 5.11 Å². The quantitative estimate of drug-likeness (QED) is 0.605. The molecule has 2 aromatic rings. The van der Waals surface area contributed by atoms with Crippen LogP contribution in [-0.4, -0.2) is 16.0 Å². The van der Waals surface area contributed by atoms with Gasteiger partial charge in [-0.15, -0.1) is 0 Å². The summed E-state index contributed by atoms with van der Waals surface area (Å²) in [5.74, 6) is 0.446. The summed E-state index contributed by atoms with van der Waals surface area (Å²) in [4.78, 5) is 0. The van der Waals surface area contributed by atoms with Crippen LogP contribution in [0, 0.1) is 0 Å². The largest absolute Gasteiger partial charge is 0.508 e. The van der Waals surface area contributed by atoms with Crippen molar-refractivity contribution in [3.8, 4) is 5.75 Å². The van der Waals surface area contributed by atoms with Crippen molar-refractivity contribution in [2.45, 2.75) is 18.8 Å². The van der Waals surface area contributed by atoms with Crippen LogP contribution in [0.1, 0.15) is 29.0 Å². The third-order valence-corrected chi connectivity index (χ3v) is 3.68. The van der Waals surface area contributed by atoms with Gasteiger partial charge in [0, 0.05) is 18.8 Å². The van der Waals surface area contributed by atoms with Gasteiger partial charge in [-0.2, -0.15) is 0 Å². The van der Waals surface area contributed by atoms with Gasteiger partial charge >= 0.3 is 0 Å². The lowest BCUT2D eigenvalue weighted by molar-refractivity contribution is 0.315. The fourth-order valence-corrected chi connectivity index (χ4v) is 2.78. The fourth-order valence-electron chi connectivity index (χ4n) is 2.78. The predicted molar refractivity (Wildman–Crippen MR) is 73.9 cm³/mol. The summed E-state index contributed by atoms with van der Waals surface area (Å²) in [5.41, 5.74) is 4.20. The molecule has 0 aliphatic heterocycles. The van der Waals surface area contributed by atoms with Crippen LogP contribution in [0.5, 0.6) is 5.75 Å². The highest BCUT2D eigenvalue weighted by atomic mass is 16.4. The van der Waals surface area contributed by atoms with Crippen LogP contribution in [0.15, 0.2) is 53.7 Å². The van der Waals surface area contributed by atoms with Crippen molar-refractivity contribution in [2.24, 2.45) is 5.16 Å². The lowest BCUT2D eigenvalue weighted by Gasteiger charge is -2.26. The maximum atomic E-state index is 9.60. The van der Waals surface area contributed by atoms with Crippen LogP contribution in [0.25, 0.3) is 0 Å². The first-order valence-electron chi connectivity index (χ1n) is 6.34. The van der Waals surface area contributed by atoms with E-state index in [-0.39, 0.29) is 11.7 Å². The zero-order valence-electron chi connectivity index (χ0n) is 10.5. The van der Waals surface area contributed by atoms with Gasteiger partial charge in [-0.25, -0.2) is 0 Å². The Morgan fingerprint density at radius 2 is 1.84 bits per heavy atom. The monoisotopic (exact) mass is 253 g/mol. The standard InChI is InChI=1S/C16H15NO2/c18-14-6-7-15-12(9-14)8-13(17-19)10-16(15)11-4-2-1-3-5-11/h1-7,9,16,18-19H,8,10H2. The molecule has 1 unspecified atom stereocenters. The van der Waals surface area contributed by atoms with Crippen LogP contribution < -0.4 is 0 Å². The second kappa shape index (κ2) is 4.76. The number of fused-ring (bicyclic) bond motifs is 1. The Hall–Kier alpha value is -2.29. The average molecular weight is 253 g/mol. The highest BCUT2D eigenvalue weighted by Crippen LogP contribution is 2.36. The minimum absolute atomic E-state index is 0.191. The maximum Gasteiger partial charge on any atom is 0.115 e. The summed E-state index contributed by atoms with van der Waals surface area (Å²) in [7, 11) is 0. The number of hydrogen-bond acceptors (Lipinski definition) is 3. The molecule has 19 heavy (non-hydrogen) atoms. The molecule has 0 spiro atoms. The molecule has 3 nitrogen and oxygen atoms in total. The molecule has 2 aromatic carbocycles. The van der Waals surface area contributed by atoms with Gasteiger partial charge in [-0.1, -0.05) is 41.6 Å². The lowest BCUT2D eigenvalue weighted by Crippen LogP contribution is -2.19. The van der Waals surface area contributed by atoms with Gasteiger partial charge in [0.25, 0.3) is 0 Å². The number of phenolic OH excluding ortho intramolecular Hbond substituents is 1. The molecule has 1 aliphatic carbocycles. The molecule has 2 N–H and O–H groups in total. The Morgan fingerprint density at radius 1 is 1.05 bits per heavy atom. The normalized spacial score (nSPS) is 20.2. The zero-order chi connectivity index (χ0) is 13.2. The van der Waals surface area contributed by atoms with E-state index in [0.29, 0.717) is 6.42 Å². The lowest BCUT2D eigenvalue weighted by atomic mass is 9.78. The number of aromatic hydroxyl groups is 1. The molecule has 0 bridgehead atoms. The molecule has 1 atom stereocenters. The highest BCUT2D eigenvalue weighted by Gasteiger charge is 2.25. The summed E-state index contributed by atoms with van der Waals surface area (Å²) in [6.07, 6.45) is 1.32. The minimum Gasteiger partial charge on any atom is -0.508 e. The summed E-state index contributed by atoms with van der Waals surface area (Å²) in [5, 5.41) is 22.1. The summed E-state index contributed by atoms with van der Waals surface area (Å²) >= 11 is 0. The number of rotatable bonds is 1. The van der Waals surface area contributed by atoms with Crippen LogP contribution in [0.4, 0.5) is 0 Å². The van der Waals surface area contributed by atoms with Crippen molar-refractivity contribution in [1.82, 2.24) is 0 Å². The molecule has 0 radical (unpaired) electrons. The Bertz CT molecular complexity index is 620. The molecule has 96 valence electrons. The SMILES string of the molecule is ON=C1Cc2cc(O)ccc2C(c2ccccc2)C1. The van der Waals surface area contributed by atoms with E-state index >= 15 is 0 Å². The first-order chi connectivity index (χ1) is 9.28. The smallest absolute Gasteiger partial charge is 0.115 e. The summed E-state index contributed by atoms with van der Waals surface area (Å²) < 4.78 is 0. The Morgan fingerprint density at radius 3 is 2.58 bits per heavy atom. The van der Waals surface area contributed by atoms with Gasteiger partial charge in [0.1, 0.15) is 5.75 Å². The highest BCUT2D eigenvalue weighted by molar-refractivity contribution is 5.89. The van der Waals surface area contributed by atoms with E-state index in [4.69, 9.17) is 5.21 Å². The van der Waals surface area contributed by atoms with Crippen molar-refractivity contribution in [3.05, 3.63) is 65.2 Å². The second-order valence-electron chi connectivity index (χ2n) is 4.89. The van der Waals surface area contributed by atoms with Gasteiger partial charge in [0.2, 0.25) is 0 Å². The molecule has 0 aromatic heterocycles. The van der Waals surface area contributed by atoms with E-state index in [2.05, 4.69) is 17.3 Å². The first-order valence-corrected chi connectivity index (χ1v) is 6.34. The molecule has 0 saturated heterocycles. The maximum absolute atomic E-state index is 9.60. The molecule has 1 aliphatic rings. The molecule has 3 rings (SSSR count). The van der Waals surface area contributed by atoms with E-state index in [1.54, 1.807) is 12.1 Å². The number of benzene rings is 2. The molecule has 0 amide bonds. The second-order valence-corrected chi connectivity index (χ2v) is 4.89. The fraction of sp³-hybridized carbons (Fsp3) is 0.188. The molecule has 0 heterocycles. The summed E-state index contributed by atoms with van der Waals surface area (Å²) in [6.45, 7) is 0. The Kier molecular flexibility index (Phi) is 2.95. The summed E-state index contributed by atoms with van der Waals surface area (Å²) in [6, 6.07) is 15.6. The van der Waals surface area contributed by atoms with Crippen LogP contribution in [0.3, 0.4) is 0 Å².